The second-order valence-electron chi connectivity index (χ2n) is 6.22. The number of nitrogens with one attached hydrogen (secondary N) is 1. The Hall–Kier alpha value is -0.980. The Balaban J connectivity index is 0.00000338. The summed E-state index contributed by atoms with van der Waals surface area (Å²) in [5, 5.41) is 3.47. The van der Waals surface area contributed by atoms with Crippen LogP contribution in [-0.2, 0) is 13.2 Å². The number of benzene rings is 2. The summed E-state index contributed by atoms with van der Waals surface area (Å²) in [6.07, 6.45) is 1.13. The quantitative estimate of drug-likeness (QED) is 0.490. The van der Waals surface area contributed by atoms with Gasteiger partial charge in [0.25, 0.3) is 0 Å². The molecule has 0 atom stereocenters. The first-order chi connectivity index (χ1) is 12.1. The minimum atomic E-state index is 0. The van der Waals surface area contributed by atoms with Crippen molar-refractivity contribution in [3.63, 3.8) is 0 Å². The smallest absolute Gasteiger partial charge is 0.175 e. The molecule has 152 valence electrons. The van der Waals surface area contributed by atoms with Gasteiger partial charge in [-0.15, -0.1) is 24.8 Å². The highest BCUT2D eigenvalue weighted by Gasteiger charge is 2.12. The monoisotopic (exact) mass is 478 g/mol. The Morgan fingerprint density at radius 3 is 2.37 bits per heavy atom. The highest BCUT2D eigenvalue weighted by Crippen LogP contribution is 2.37. The Morgan fingerprint density at radius 1 is 1.04 bits per heavy atom. The van der Waals surface area contributed by atoms with E-state index in [1.54, 1.807) is 7.11 Å². The average Bonchev–Trinajstić information content (AvgIpc) is 2.60. The molecule has 0 aromatic heterocycles. The van der Waals surface area contributed by atoms with Crippen LogP contribution in [0.2, 0.25) is 0 Å². The zero-order chi connectivity index (χ0) is 18.1. The molecule has 1 N–H and O–H groups in total. The topological polar surface area (TPSA) is 33.7 Å². The molecule has 0 bridgehead atoms. The fourth-order valence-electron chi connectivity index (χ4n) is 2.50. The molecule has 2 aromatic carbocycles. The summed E-state index contributed by atoms with van der Waals surface area (Å²) in [6.45, 7) is 3.40. The molecule has 2 rings (SSSR count). The minimum Gasteiger partial charge on any atom is -0.493 e. The van der Waals surface area contributed by atoms with Crippen molar-refractivity contribution in [2.24, 2.45) is 0 Å². The maximum Gasteiger partial charge on any atom is 0.175 e. The first kappa shape index (κ1) is 26.0. The van der Waals surface area contributed by atoms with Crippen LogP contribution in [0.3, 0.4) is 0 Å². The summed E-state index contributed by atoms with van der Waals surface area (Å²) in [5.74, 6) is 1.48. The maximum absolute atomic E-state index is 5.97. The molecule has 2 aromatic rings. The third-order valence-electron chi connectivity index (χ3n) is 3.80. The van der Waals surface area contributed by atoms with Crippen molar-refractivity contribution >= 4 is 40.7 Å². The van der Waals surface area contributed by atoms with E-state index < -0.39 is 0 Å². The molecule has 0 radical (unpaired) electrons. The van der Waals surface area contributed by atoms with Gasteiger partial charge in [-0.05, 0) is 72.8 Å². The second kappa shape index (κ2) is 14.1. The molecule has 0 fully saturated rings. The van der Waals surface area contributed by atoms with Crippen LogP contribution in [0, 0.1) is 0 Å². The maximum atomic E-state index is 5.97. The highest BCUT2D eigenvalue weighted by atomic mass is 79.9. The fourth-order valence-corrected chi connectivity index (χ4v) is 3.10. The van der Waals surface area contributed by atoms with E-state index in [1.807, 2.05) is 36.4 Å². The fraction of sp³-hybridized carbons (Fsp3) is 0.400. The molecule has 0 aliphatic rings. The number of methoxy groups -OCH3 is 1. The molecule has 0 saturated heterocycles. The van der Waals surface area contributed by atoms with E-state index in [0.717, 1.165) is 47.6 Å². The third-order valence-corrected chi connectivity index (χ3v) is 4.39. The van der Waals surface area contributed by atoms with E-state index in [9.17, 15) is 0 Å². The minimum absolute atomic E-state index is 0. The summed E-state index contributed by atoms with van der Waals surface area (Å²) in [7, 11) is 5.86. The lowest BCUT2D eigenvalue weighted by molar-refractivity contribution is 0.282. The molecule has 0 spiro atoms. The normalized spacial score (nSPS) is 10.1. The lowest BCUT2D eigenvalue weighted by atomic mass is 10.2. The van der Waals surface area contributed by atoms with Crippen molar-refractivity contribution in [2.75, 3.05) is 34.3 Å². The number of halogens is 3. The molecule has 0 unspecified atom stereocenters. The SMILES string of the molecule is COc1cc(CNCCCN(C)C)cc(Br)c1OCc1ccccc1.Cl.Cl. The van der Waals surface area contributed by atoms with E-state index in [0.29, 0.717) is 6.61 Å². The van der Waals surface area contributed by atoms with E-state index in [4.69, 9.17) is 9.47 Å². The molecule has 7 heteroatoms. The zero-order valence-corrected chi connectivity index (χ0v) is 19.3. The first-order valence-corrected chi connectivity index (χ1v) is 9.28. The van der Waals surface area contributed by atoms with Crippen LogP contribution >= 0.6 is 40.7 Å². The van der Waals surface area contributed by atoms with Crippen LogP contribution in [0.15, 0.2) is 46.9 Å². The van der Waals surface area contributed by atoms with E-state index in [2.05, 4.69) is 46.3 Å². The van der Waals surface area contributed by atoms with Gasteiger partial charge in [0.15, 0.2) is 11.5 Å². The molecule has 0 heterocycles. The predicted octanol–water partition coefficient (Wildman–Crippen LogP) is 4.92. The van der Waals surface area contributed by atoms with Gasteiger partial charge in [0, 0.05) is 6.54 Å². The summed E-state index contributed by atoms with van der Waals surface area (Å²) in [6, 6.07) is 14.2. The van der Waals surface area contributed by atoms with Crippen LogP contribution < -0.4 is 14.8 Å². The molecule has 4 nitrogen and oxygen atoms in total. The van der Waals surface area contributed by atoms with Crippen molar-refractivity contribution in [2.45, 2.75) is 19.6 Å². The van der Waals surface area contributed by atoms with Gasteiger partial charge >= 0.3 is 0 Å². The standard InChI is InChI=1S/C20H27BrN2O2.2ClH/c1-23(2)11-7-10-22-14-17-12-18(21)20(19(13-17)24-3)25-15-16-8-5-4-6-9-16;;/h4-6,8-9,12-13,22H,7,10-11,14-15H2,1-3H3;2*1H. The van der Waals surface area contributed by atoms with Gasteiger partial charge in [-0.25, -0.2) is 0 Å². The average molecular weight is 480 g/mol. The Bertz CT molecular complexity index is 658. The van der Waals surface area contributed by atoms with E-state index >= 15 is 0 Å². The van der Waals surface area contributed by atoms with Crippen molar-refractivity contribution in [3.05, 3.63) is 58.1 Å². The first-order valence-electron chi connectivity index (χ1n) is 8.48. The van der Waals surface area contributed by atoms with Crippen LogP contribution in [0.25, 0.3) is 0 Å². The lowest BCUT2D eigenvalue weighted by Crippen LogP contribution is -2.21. The highest BCUT2D eigenvalue weighted by molar-refractivity contribution is 9.10. The molecule has 0 aliphatic carbocycles. The molecular formula is C20H29BrCl2N2O2. The summed E-state index contributed by atoms with van der Waals surface area (Å²) in [5.41, 5.74) is 2.30. The van der Waals surface area contributed by atoms with Crippen LogP contribution in [0.5, 0.6) is 11.5 Å². The number of rotatable bonds is 10. The van der Waals surface area contributed by atoms with E-state index in [1.165, 1.54) is 5.56 Å². The van der Waals surface area contributed by atoms with Crippen molar-refractivity contribution < 1.29 is 9.47 Å². The predicted molar refractivity (Wildman–Crippen MR) is 121 cm³/mol. The molecule has 0 amide bonds. The summed E-state index contributed by atoms with van der Waals surface area (Å²) < 4.78 is 12.4. The Labute approximate surface area is 183 Å². The Kier molecular flexibility index (Phi) is 13.6. The van der Waals surface area contributed by atoms with Crippen LogP contribution in [0.4, 0.5) is 0 Å². The number of nitrogens with zero attached hydrogens (tertiary/aromatic N) is 1. The molecular weight excluding hydrogens is 451 g/mol. The lowest BCUT2D eigenvalue weighted by Gasteiger charge is -2.15. The van der Waals surface area contributed by atoms with Gasteiger partial charge in [0.2, 0.25) is 0 Å². The third kappa shape index (κ3) is 9.17. The van der Waals surface area contributed by atoms with Crippen molar-refractivity contribution in [1.82, 2.24) is 10.2 Å². The van der Waals surface area contributed by atoms with Gasteiger partial charge in [0.1, 0.15) is 6.61 Å². The van der Waals surface area contributed by atoms with Crippen molar-refractivity contribution in [1.29, 1.82) is 0 Å². The van der Waals surface area contributed by atoms with Gasteiger partial charge < -0.3 is 19.7 Å². The van der Waals surface area contributed by atoms with Gasteiger partial charge in [-0.2, -0.15) is 0 Å². The molecule has 0 saturated carbocycles. The van der Waals surface area contributed by atoms with Crippen LogP contribution in [-0.4, -0.2) is 39.2 Å². The van der Waals surface area contributed by atoms with Crippen LogP contribution in [0.1, 0.15) is 17.5 Å². The summed E-state index contributed by atoms with van der Waals surface area (Å²) in [4.78, 5) is 2.19. The summed E-state index contributed by atoms with van der Waals surface area (Å²) >= 11 is 3.61. The zero-order valence-electron chi connectivity index (χ0n) is 16.0. The molecule has 27 heavy (non-hydrogen) atoms. The second-order valence-corrected chi connectivity index (χ2v) is 7.07. The van der Waals surface area contributed by atoms with E-state index in [-0.39, 0.29) is 24.8 Å². The number of hydrogen-bond donors (Lipinski definition) is 1. The van der Waals surface area contributed by atoms with Gasteiger partial charge in [-0.1, -0.05) is 30.3 Å². The van der Waals surface area contributed by atoms with Crippen molar-refractivity contribution in [3.8, 4) is 11.5 Å². The van der Waals surface area contributed by atoms with Gasteiger partial charge in [-0.3, -0.25) is 0 Å². The van der Waals surface area contributed by atoms with Gasteiger partial charge in [0.05, 0.1) is 11.6 Å². The molecule has 0 aliphatic heterocycles. The largest absolute Gasteiger partial charge is 0.493 e. The number of ether oxygens (including phenoxy) is 2. The number of hydrogen-bond acceptors (Lipinski definition) is 4. The Morgan fingerprint density at radius 2 is 1.74 bits per heavy atom.